The topological polar surface area (TPSA) is 79.7 Å². The number of rotatable bonds is 4. The van der Waals surface area contributed by atoms with E-state index in [4.69, 9.17) is 4.74 Å². The van der Waals surface area contributed by atoms with E-state index in [0.29, 0.717) is 12.2 Å². The lowest BCUT2D eigenvalue weighted by atomic mass is 10.0. The fourth-order valence-corrected chi connectivity index (χ4v) is 2.50. The maximum atomic E-state index is 12.4. The number of nitrogens with zero attached hydrogens (tertiary/aromatic N) is 2. The Kier molecular flexibility index (Phi) is 4.72. The number of halogens is 1. The van der Waals surface area contributed by atoms with E-state index in [2.05, 4.69) is 20.9 Å². The molecule has 0 saturated carbocycles. The van der Waals surface area contributed by atoms with Crippen molar-refractivity contribution in [3.8, 4) is 0 Å². The molecular formula is C13H15BrN2O4. The number of aliphatic carboxylic acids is 1. The van der Waals surface area contributed by atoms with Gasteiger partial charge in [0.15, 0.2) is 0 Å². The molecule has 1 aliphatic rings. The van der Waals surface area contributed by atoms with Crippen LogP contribution in [0.4, 0.5) is 0 Å². The zero-order valence-electron chi connectivity index (χ0n) is 11.0. The molecule has 2 atom stereocenters. The zero-order chi connectivity index (χ0) is 14.7. The third-order valence-corrected chi connectivity index (χ3v) is 3.79. The summed E-state index contributed by atoms with van der Waals surface area (Å²) in [6.07, 6.45) is 1.54. The van der Waals surface area contributed by atoms with E-state index >= 15 is 0 Å². The van der Waals surface area contributed by atoms with Crippen molar-refractivity contribution in [3.05, 3.63) is 28.5 Å². The van der Waals surface area contributed by atoms with Crippen molar-refractivity contribution in [2.75, 3.05) is 19.8 Å². The van der Waals surface area contributed by atoms with Crippen LogP contribution in [0.15, 0.2) is 22.8 Å². The summed E-state index contributed by atoms with van der Waals surface area (Å²) in [6, 6.07) is 2.89. The van der Waals surface area contributed by atoms with Crippen LogP contribution in [0.1, 0.15) is 17.4 Å². The number of carboxylic acid groups (broad SMARTS) is 1. The van der Waals surface area contributed by atoms with Crippen molar-refractivity contribution in [2.24, 2.45) is 5.92 Å². The normalized spacial score (nSPS) is 21.7. The van der Waals surface area contributed by atoms with Crippen molar-refractivity contribution in [1.82, 2.24) is 9.88 Å². The predicted molar refractivity (Wildman–Crippen MR) is 74.4 cm³/mol. The number of hydrogen-bond donors (Lipinski definition) is 1. The largest absolute Gasteiger partial charge is 0.481 e. The number of aromatic nitrogens is 1. The van der Waals surface area contributed by atoms with E-state index in [1.165, 1.54) is 4.90 Å². The molecule has 2 unspecified atom stereocenters. The molecule has 1 aromatic heterocycles. The van der Waals surface area contributed by atoms with Gasteiger partial charge in [-0.05, 0) is 35.0 Å². The molecule has 1 saturated heterocycles. The van der Waals surface area contributed by atoms with Gasteiger partial charge in [-0.1, -0.05) is 0 Å². The molecule has 7 heteroatoms. The van der Waals surface area contributed by atoms with Crippen LogP contribution in [-0.4, -0.2) is 52.7 Å². The fraction of sp³-hybridized carbons (Fsp3) is 0.462. The van der Waals surface area contributed by atoms with Gasteiger partial charge in [0.25, 0.3) is 5.91 Å². The summed E-state index contributed by atoms with van der Waals surface area (Å²) in [6.45, 7) is 2.60. The molecule has 1 N–H and O–H groups in total. The molecule has 0 aliphatic carbocycles. The molecule has 1 aliphatic heterocycles. The maximum absolute atomic E-state index is 12.4. The Labute approximate surface area is 124 Å². The first kappa shape index (κ1) is 14.9. The van der Waals surface area contributed by atoms with Crippen molar-refractivity contribution in [2.45, 2.75) is 13.0 Å². The molecule has 1 aromatic rings. The van der Waals surface area contributed by atoms with Crippen LogP contribution in [0.3, 0.4) is 0 Å². The predicted octanol–water partition coefficient (Wildman–Crippen LogP) is 1.41. The second-order valence-electron chi connectivity index (χ2n) is 4.50. The van der Waals surface area contributed by atoms with Gasteiger partial charge in [0.2, 0.25) is 0 Å². The minimum Gasteiger partial charge on any atom is -0.481 e. The minimum atomic E-state index is -0.942. The molecule has 2 rings (SSSR count). The number of ether oxygens (including phenoxy) is 1. The zero-order valence-corrected chi connectivity index (χ0v) is 12.5. The Balaban J connectivity index is 2.21. The lowest BCUT2D eigenvalue weighted by molar-refractivity contribution is -0.142. The standard InChI is InChI=1S/C13H15BrN2O4/c1-2-16(11-7-20-6-9(11)13(18)19)12(17)10-4-3-8(14)5-15-10/h3-5,9,11H,2,6-7H2,1H3,(H,18,19). The summed E-state index contributed by atoms with van der Waals surface area (Å²) in [5, 5.41) is 9.18. The maximum Gasteiger partial charge on any atom is 0.311 e. The highest BCUT2D eigenvalue weighted by atomic mass is 79.9. The molecular weight excluding hydrogens is 328 g/mol. The van der Waals surface area contributed by atoms with Crippen LogP contribution in [0.2, 0.25) is 0 Å². The Morgan fingerprint density at radius 3 is 2.80 bits per heavy atom. The van der Waals surface area contributed by atoms with Crippen LogP contribution in [0.5, 0.6) is 0 Å². The van der Waals surface area contributed by atoms with E-state index in [1.807, 2.05) is 6.92 Å². The highest BCUT2D eigenvalue weighted by molar-refractivity contribution is 9.10. The van der Waals surface area contributed by atoms with Gasteiger partial charge < -0.3 is 14.7 Å². The quantitative estimate of drug-likeness (QED) is 0.894. The van der Waals surface area contributed by atoms with Crippen LogP contribution < -0.4 is 0 Å². The van der Waals surface area contributed by atoms with Gasteiger partial charge in [0, 0.05) is 17.2 Å². The average molecular weight is 343 g/mol. The number of pyridine rings is 1. The SMILES string of the molecule is CCN(C(=O)c1ccc(Br)cn1)C1COCC1C(=O)O. The highest BCUT2D eigenvalue weighted by Gasteiger charge is 2.39. The Morgan fingerprint density at radius 2 is 2.25 bits per heavy atom. The molecule has 0 spiro atoms. The molecule has 0 bridgehead atoms. The Bertz CT molecular complexity index is 506. The fourth-order valence-electron chi connectivity index (χ4n) is 2.26. The summed E-state index contributed by atoms with van der Waals surface area (Å²) in [5.41, 5.74) is 0.297. The molecule has 108 valence electrons. The number of likely N-dealkylation sites (N-methyl/N-ethyl adjacent to an activating group) is 1. The summed E-state index contributed by atoms with van der Waals surface area (Å²) < 4.78 is 6.00. The van der Waals surface area contributed by atoms with Crippen molar-refractivity contribution in [3.63, 3.8) is 0 Å². The smallest absolute Gasteiger partial charge is 0.311 e. The summed E-state index contributed by atoms with van der Waals surface area (Å²) >= 11 is 3.26. The summed E-state index contributed by atoms with van der Waals surface area (Å²) in [7, 11) is 0. The molecule has 1 amide bonds. The first-order valence-electron chi connectivity index (χ1n) is 6.27. The number of carboxylic acids is 1. The van der Waals surface area contributed by atoms with Gasteiger partial charge >= 0.3 is 5.97 Å². The third kappa shape index (κ3) is 2.99. The lowest BCUT2D eigenvalue weighted by Gasteiger charge is -2.29. The lowest BCUT2D eigenvalue weighted by Crippen LogP contribution is -2.46. The summed E-state index contributed by atoms with van der Waals surface area (Å²) in [5.74, 6) is -1.90. The second-order valence-corrected chi connectivity index (χ2v) is 5.42. The van der Waals surface area contributed by atoms with Crippen molar-refractivity contribution >= 4 is 27.8 Å². The first-order chi connectivity index (χ1) is 9.54. The van der Waals surface area contributed by atoms with Crippen LogP contribution in [0.25, 0.3) is 0 Å². The molecule has 1 fully saturated rings. The van der Waals surface area contributed by atoms with Gasteiger partial charge in [0.05, 0.1) is 19.3 Å². The van der Waals surface area contributed by atoms with Gasteiger partial charge in [-0.3, -0.25) is 9.59 Å². The molecule has 0 aromatic carbocycles. The molecule has 0 radical (unpaired) electrons. The van der Waals surface area contributed by atoms with E-state index in [-0.39, 0.29) is 19.1 Å². The van der Waals surface area contributed by atoms with Gasteiger partial charge in [-0.2, -0.15) is 0 Å². The Hall–Kier alpha value is -1.47. The van der Waals surface area contributed by atoms with Gasteiger partial charge in [0.1, 0.15) is 11.6 Å². The number of hydrogen-bond acceptors (Lipinski definition) is 4. The minimum absolute atomic E-state index is 0.136. The Morgan fingerprint density at radius 1 is 1.50 bits per heavy atom. The average Bonchev–Trinajstić information content (AvgIpc) is 2.89. The third-order valence-electron chi connectivity index (χ3n) is 3.32. The molecule has 20 heavy (non-hydrogen) atoms. The van der Waals surface area contributed by atoms with E-state index < -0.39 is 17.9 Å². The van der Waals surface area contributed by atoms with Crippen LogP contribution in [-0.2, 0) is 9.53 Å². The second kappa shape index (κ2) is 6.32. The van der Waals surface area contributed by atoms with E-state index in [1.54, 1.807) is 18.3 Å². The van der Waals surface area contributed by atoms with E-state index in [9.17, 15) is 14.7 Å². The molecule has 2 heterocycles. The number of carbonyl (C=O) groups excluding carboxylic acids is 1. The van der Waals surface area contributed by atoms with Crippen LogP contribution >= 0.6 is 15.9 Å². The number of amides is 1. The van der Waals surface area contributed by atoms with Crippen molar-refractivity contribution in [1.29, 1.82) is 0 Å². The van der Waals surface area contributed by atoms with Gasteiger partial charge in [-0.15, -0.1) is 0 Å². The van der Waals surface area contributed by atoms with Crippen molar-refractivity contribution < 1.29 is 19.4 Å². The first-order valence-corrected chi connectivity index (χ1v) is 7.07. The summed E-state index contributed by atoms with van der Waals surface area (Å²) in [4.78, 5) is 29.2. The van der Waals surface area contributed by atoms with Crippen LogP contribution in [0, 0.1) is 5.92 Å². The number of carbonyl (C=O) groups is 2. The van der Waals surface area contributed by atoms with E-state index in [0.717, 1.165) is 4.47 Å². The molecule has 6 nitrogen and oxygen atoms in total. The van der Waals surface area contributed by atoms with Gasteiger partial charge in [-0.25, -0.2) is 4.98 Å². The highest BCUT2D eigenvalue weighted by Crippen LogP contribution is 2.22. The monoisotopic (exact) mass is 342 g/mol.